The first kappa shape index (κ1) is 15.0. The van der Waals surface area contributed by atoms with Crippen LogP contribution in [0.1, 0.15) is 29.7 Å². The number of nitrogens with two attached hydrogens (primary N) is 1. The van der Waals surface area contributed by atoms with Crippen LogP contribution in [0.5, 0.6) is 5.75 Å². The quantitative estimate of drug-likeness (QED) is 0.891. The maximum absolute atomic E-state index is 13.7. The molecule has 20 heavy (non-hydrogen) atoms. The van der Waals surface area contributed by atoms with E-state index in [0.29, 0.717) is 11.3 Å². The van der Waals surface area contributed by atoms with Crippen LogP contribution < -0.4 is 10.5 Å². The van der Waals surface area contributed by atoms with Crippen molar-refractivity contribution >= 4 is 15.9 Å². The summed E-state index contributed by atoms with van der Waals surface area (Å²) in [6.45, 7) is 4.06. The Morgan fingerprint density at radius 2 is 2.00 bits per heavy atom. The normalized spacial score (nSPS) is 12.2. The van der Waals surface area contributed by atoms with Crippen LogP contribution >= 0.6 is 15.9 Å². The number of aryl methyl sites for hydroxylation is 1. The van der Waals surface area contributed by atoms with Crippen molar-refractivity contribution in [3.05, 3.63) is 63.4 Å². The van der Waals surface area contributed by atoms with Crippen molar-refractivity contribution in [2.45, 2.75) is 26.5 Å². The van der Waals surface area contributed by atoms with E-state index in [2.05, 4.69) is 15.9 Å². The number of hydrogen-bond acceptors (Lipinski definition) is 2. The second-order valence-corrected chi connectivity index (χ2v) is 5.77. The van der Waals surface area contributed by atoms with Crippen LogP contribution in [0.25, 0.3) is 0 Å². The van der Waals surface area contributed by atoms with Crippen LogP contribution in [0, 0.1) is 12.7 Å². The summed E-state index contributed by atoms with van der Waals surface area (Å²) in [6, 6.07) is 10.5. The fourth-order valence-corrected chi connectivity index (χ4v) is 2.36. The van der Waals surface area contributed by atoms with E-state index in [0.717, 1.165) is 15.6 Å². The summed E-state index contributed by atoms with van der Waals surface area (Å²) < 4.78 is 20.3. The van der Waals surface area contributed by atoms with Gasteiger partial charge in [-0.2, -0.15) is 0 Å². The average molecular weight is 338 g/mol. The first-order chi connectivity index (χ1) is 9.47. The number of halogens is 2. The zero-order valence-electron chi connectivity index (χ0n) is 11.5. The van der Waals surface area contributed by atoms with Gasteiger partial charge in [-0.1, -0.05) is 28.1 Å². The molecule has 2 N–H and O–H groups in total. The molecule has 0 heterocycles. The van der Waals surface area contributed by atoms with E-state index in [1.54, 1.807) is 12.1 Å². The highest BCUT2D eigenvalue weighted by Crippen LogP contribution is 2.26. The Bertz CT molecular complexity index is 613. The zero-order valence-corrected chi connectivity index (χ0v) is 13.1. The standard InChI is InChI=1S/C16H17BrFNO/c1-10-3-5-14(11(2)19)16(7-10)20-9-12-8-13(17)4-6-15(12)18/h3-8,11H,9,19H2,1-2H3. The molecule has 1 unspecified atom stereocenters. The molecule has 0 aliphatic heterocycles. The SMILES string of the molecule is Cc1ccc(C(C)N)c(OCc2cc(Br)ccc2F)c1. The van der Waals surface area contributed by atoms with Gasteiger partial charge in [0.15, 0.2) is 0 Å². The molecule has 0 amide bonds. The molecule has 0 aliphatic rings. The molecule has 0 saturated carbocycles. The monoisotopic (exact) mass is 337 g/mol. The van der Waals surface area contributed by atoms with E-state index in [4.69, 9.17) is 10.5 Å². The van der Waals surface area contributed by atoms with Gasteiger partial charge in [-0.3, -0.25) is 0 Å². The smallest absolute Gasteiger partial charge is 0.129 e. The van der Waals surface area contributed by atoms with Crippen molar-refractivity contribution in [2.24, 2.45) is 5.73 Å². The van der Waals surface area contributed by atoms with E-state index in [1.807, 2.05) is 32.0 Å². The molecule has 2 aromatic carbocycles. The summed E-state index contributed by atoms with van der Waals surface area (Å²) in [5.74, 6) is 0.433. The Hall–Kier alpha value is -1.39. The molecule has 0 spiro atoms. The minimum Gasteiger partial charge on any atom is -0.488 e. The Morgan fingerprint density at radius 1 is 1.25 bits per heavy atom. The molecule has 0 bridgehead atoms. The average Bonchev–Trinajstić information content (AvgIpc) is 2.39. The minimum absolute atomic E-state index is 0.127. The minimum atomic E-state index is -0.275. The van der Waals surface area contributed by atoms with E-state index in [9.17, 15) is 4.39 Å². The van der Waals surface area contributed by atoms with Crippen LogP contribution in [0.15, 0.2) is 40.9 Å². The van der Waals surface area contributed by atoms with Crippen LogP contribution in [-0.2, 0) is 6.61 Å². The summed E-state index contributed by atoms with van der Waals surface area (Å²) in [7, 11) is 0. The highest BCUT2D eigenvalue weighted by molar-refractivity contribution is 9.10. The van der Waals surface area contributed by atoms with Gasteiger partial charge in [0.05, 0.1) is 0 Å². The highest BCUT2D eigenvalue weighted by Gasteiger charge is 2.10. The van der Waals surface area contributed by atoms with Crippen molar-refractivity contribution in [2.75, 3.05) is 0 Å². The maximum Gasteiger partial charge on any atom is 0.129 e. The molecule has 1 atom stereocenters. The van der Waals surface area contributed by atoms with Crippen LogP contribution in [0.2, 0.25) is 0 Å². The lowest BCUT2D eigenvalue weighted by Crippen LogP contribution is -2.08. The number of ether oxygens (including phenoxy) is 1. The van der Waals surface area contributed by atoms with E-state index in [-0.39, 0.29) is 18.5 Å². The maximum atomic E-state index is 13.7. The Kier molecular flexibility index (Phi) is 4.78. The number of rotatable bonds is 4. The van der Waals surface area contributed by atoms with Gasteiger partial charge in [-0.05, 0) is 43.7 Å². The highest BCUT2D eigenvalue weighted by atomic mass is 79.9. The second kappa shape index (κ2) is 6.37. The molecule has 0 aromatic heterocycles. The van der Waals surface area contributed by atoms with Gasteiger partial charge < -0.3 is 10.5 Å². The molecule has 0 saturated heterocycles. The molecule has 2 aromatic rings. The van der Waals surface area contributed by atoms with Gasteiger partial charge in [0.2, 0.25) is 0 Å². The lowest BCUT2D eigenvalue weighted by molar-refractivity contribution is 0.295. The van der Waals surface area contributed by atoms with Gasteiger partial charge in [0.1, 0.15) is 18.2 Å². The zero-order chi connectivity index (χ0) is 14.7. The fraction of sp³-hybridized carbons (Fsp3) is 0.250. The summed E-state index contributed by atoms with van der Waals surface area (Å²) in [4.78, 5) is 0. The van der Waals surface area contributed by atoms with Crippen molar-refractivity contribution < 1.29 is 9.13 Å². The molecule has 2 rings (SSSR count). The number of benzene rings is 2. The van der Waals surface area contributed by atoms with Crippen molar-refractivity contribution in [3.8, 4) is 5.75 Å². The third-order valence-electron chi connectivity index (χ3n) is 3.05. The Morgan fingerprint density at radius 3 is 2.70 bits per heavy atom. The van der Waals surface area contributed by atoms with Gasteiger partial charge in [0.25, 0.3) is 0 Å². The second-order valence-electron chi connectivity index (χ2n) is 4.85. The molecule has 4 heteroatoms. The van der Waals surface area contributed by atoms with E-state index >= 15 is 0 Å². The fourth-order valence-electron chi connectivity index (χ4n) is 1.95. The summed E-state index contributed by atoms with van der Waals surface area (Å²) in [5, 5.41) is 0. The first-order valence-corrected chi connectivity index (χ1v) is 7.19. The molecule has 0 aliphatic carbocycles. The molecule has 106 valence electrons. The molecule has 2 nitrogen and oxygen atoms in total. The van der Waals surface area contributed by atoms with Gasteiger partial charge in [0, 0.05) is 21.6 Å². The first-order valence-electron chi connectivity index (χ1n) is 6.40. The summed E-state index contributed by atoms with van der Waals surface area (Å²) in [6.07, 6.45) is 0. The Balaban J connectivity index is 2.22. The molecular weight excluding hydrogens is 321 g/mol. The lowest BCUT2D eigenvalue weighted by atomic mass is 10.1. The van der Waals surface area contributed by atoms with Crippen LogP contribution in [0.3, 0.4) is 0 Å². The van der Waals surface area contributed by atoms with Crippen LogP contribution in [-0.4, -0.2) is 0 Å². The van der Waals surface area contributed by atoms with Crippen molar-refractivity contribution in [1.82, 2.24) is 0 Å². The van der Waals surface area contributed by atoms with Crippen molar-refractivity contribution in [3.63, 3.8) is 0 Å². The van der Waals surface area contributed by atoms with Gasteiger partial charge in [-0.25, -0.2) is 4.39 Å². The largest absolute Gasteiger partial charge is 0.488 e. The third kappa shape index (κ3) is 3.58. The predicted octanol–water partition coefficient (Wildman–Crippen LogP) is 4.50. The Labute approximate surface area is 126 Å². The summed E-state index contributed by atoms with van der Waals surface area (Å²) >= 11 is 3.33. The molecule has 0 radical (unpaired) electrons. The van der Waals surface area contributed by atoms with Gasteiger partial charge >= 0.3 is 0 Å². The van der Waals surface area contributed by atoms with Crippen molar-refractivity contribution in [1.29, 1.82) is 0 Å². The molecular formula is C16H17BrFNO. The van der Waals surface area contributed by atoms with E-state index < -0.39 is 0 Å². The lowest BCUT2D eigenvalue weighted by Gasteiger charge is -2.15. The predicted molar refractivity (Wildman–Crippen MR) is 82.2 cm³/mol. The third-order valence-corrected chi connectivity index (χ3v) is 3.54. The number of hydrogen-bond donors (Lipinski definition) is 1. The van der Waals surface area contributed by atoms with Gasteiger partial charge in [-0.15, -0.1) is 0 Å². The van der Waals surface area contributed by atoms with E-state index in [1.165, 1.54) is 6.07 Å². The summed E-state index contributed by atoms with van der Waals surface area (Å²) in [5.41, 5.74) is 8.44. The molecule has 0 fully saturated rings. The van der Waals surface area contributed by atoms with Crippen LogP contribution in [0.4, 0.5) is 4.39 Å². The topological polar surface area (TPSA) is 35.2 Å².